The molecule has 2 aromatic carbocycles. The van der Waals surface area contributed by atoms with Crippen LogP contribution >= 0.6 is 0 Å². The highest BCUT2D eigenvalue weighted by Crippen LogP contribution is 2.33. The summed E-state index contributed by atoms with van der Waals surface area (Å²) in [7, 11) is 3.26. The minimum absolute atomic E-state index is 0.0139. The Hall–Kier alpha value is -4.06. The summed E-state index contributed by atoms with van der Waals surface area (Å²) >= 11 is 0. The van der Waals surface area contributed by atoms with Gasteiger partial charge in [-0.2, -0.15) is 0 Å². The topological polar surface area (TPSA) is 56.6 Å². The predicted molar refractivity (Wildman–Crippen MR) is 129 cm³/mol. The van der Waals surface area contributed by atoms with Crippen LogP contribution in [-0.2, 0) is 17.8 Å². The van der Waals surface area contributed by atoms with E-state index in [1.54, 1.807) is 26.5 Å². The van der Waals surface area contributed by atoms with E-state index in [-0.39, 0.29) is 5.91 Å². The van der Waals surface area contributed by atoms with Gasteiger partial charge >= 0.3 is 0 Å². The molecule has 1 aliphatic heterocycles. The minimum atomic E-state index is -0.0139. The van der Waals surface area contributed by atoms with Crippen LogP contribution in [0.4, 0.5) is 0 Å². The summed E-state index contributed by atoms with van der Waals surface area (Å²) in [6.45, 7) is 1.21. The van der Waals surface area contributed by atoms with E-state index in [1.807, 2.05) is 71.8 Å². The molecule has 0 radical (unpaired) electrons. The zero-order chi connectivity index (χ0) is 22.8. The maximum atomic E-state index is 13.0. The molecule has 0 unspecified atom stereocenters. The molecule has 1 amide bonds. The number of hydrogen-bond donors (Lipinski definition) is 0. The highest BCUT2D eigenvalue weighted by molar-refractivity contribution is 5.96. The molecule has 0 saturated heterocycles. The Labute approximate surface area is 192 Å². The first-order valence-corrected chi connectivity index (χ1v) is 10.9. The van der Waals surface area contributed by atoms with Gasteiger partial charge in [0.1, 0.15) is 5.65 Å². The van der Waals surface area contributed by atoms with Crippen molar-refractivity contribution in [2.24, 2.45) is 0 Å². The second-order valence-corrected chi connectivity index (χ2v) is 7.98. The molecule has 3 heterocycles. The molecule has 1 aliphatic rings. The van der Waals surface area contributed by atoms with Gasteiger partial charge in [-0.3, -0.25) is 4.79 Å². The van der Waals surface area contributed by atoms with Crippen molar-refractivity contribution in [3.8, 4) is 17.2 Å². The standard InChI is InChI=1S/C27H25N3O3/c1-32-24-15-19-12-14-29(17-21(19)16-25(24)33-2)26(31)11-10-20-18-30(22-7-4-3-5-8-22)27-23(20)9-6-13-28-27/h3-11,13,15-16,18H,12,14,17H2,1-2H3. The van der Waals surface area contributed by atoms with Crippen molar-refractivity contribution >= 4 is 23.0 Å². The molecule has 6 heteroatoms. The van der Waals surface area contributed by atoms with Crippen LogP contribution in [0.5, 0.6) is 11.5 Å². The molecule has 5 rings (SSSR count). The van der Waals surface area contributed by atoms with E-state index in [0.29, 0.717) is 18.8 Å². The van der Waals surface area contributed by atoms with Crippen LogP contribution in [0.15, 0.2) is 73.1 Å². The fraction of sp³-hybridized carbons (Fsp3) is 0.185. The van der Waals surface area contributed by atoms with Gasteiger partial charge in [-0.1, -0.05) is 18.2 Å². The summed E-state index contributed by atoms with van der Waals surface area (Å²) in [4.78, 5) is 19.5. The average molecular weight is 440 g/mol. The average Bonchev–Trinajstić information content (AvgIpc) is 3.25. The molecule has 0 aliphatic carbocycles. The van der Waals surface area contributed by atoms with Gasteiger partial charge in [-0.05, 0) is 60.0 Å². The number of methoxy groups -OCH3 is 2. The Balaban J connectivity index is 1.40. The van der Waals surface area contributed by atoms with E-state index in [1.165, 1.54) is 5.56 Å². The summed E-state index contributed by atoms with van der Waals surface area (Å²) in [6, 6.07) is 18.0. The van der Waals surface area contributed by atoms with Crippen molar-refractivity contribution in [1.82, 2.24) is 14.5 Å². The number of carbonyl (C=O) groups is 1. The van der Waals surface area contributed by atoms with Crippen molar-refractivity contribution in [2.45, 2.75) is 13.0 Å². The minimum Gasteiger partial charge on any atom is -0.493 e. The molecule has 0 atom stereocenters. The molecule has 166 valence electrons. The molecular formula is C27H25N3O3. The molecule has 0 spiro atoms. The maximum absolute atomic E-state index is 13.0. The molecule has 4 aromatic rings. The summed E-state index contributed by atoms with van der Waals surface area (Å²) in [5.74, 6) is 1.39. The fourth-order valence-corrected chi connectivity index (χ4v) is 4.34. The van der Waals surface area contributed by atoms with Gasteiger partial charge in [0.15, 0.2) is 11.5 Å². The number of amides is 1. The first kappa shape index (κ1) is 20.8. The number of carbonyl (C=O) groups excluding carboxylic acids is 1. The van der Waals surface area contributed by atoms with Gasteiger partial charge in [-0.25, -0.2) is 4.98 Å². The zero-order valence-corrected chi connectivity index (χ0v) is 18.7. The molecule has 0 bridgehead atoms. The van der Waals surface area contributed by atoms with Crippen LogP contribution in [0.25, 0.3) is 22.8 Å². The maximum Gasteiger partial charge on any atom is 0.246 e. The summed E-state index contributed by atoms with van der Waals surface area (Å²) in [6.07, 6.45) is 8.14. The molecule has 2 aromatic heterocycles. The first-order chi connectivity index (χ1) is 16.2. The normalized spacial score (nSPS) is 13.3. The van der Waals surface area contributed by atoms with Crippen molar-refractivity contribution < 1.29 is 14.3 Å². The van der Waals surface area contributed by atoms with E-state index >= 15 is 0 Å². The van der Waals surface area contributed by atoms with Crippen LogP contribution in [0.3, 0.4) is 0 Å². The largest absolute Gasteiger partial charge is 0.493 e. The third-order valence-corrected chi connectivity index (χ3v) is 6.06. The summed E-state index contributed by atoms with van der Waals surface area (Å²) in [5.41, 5.74) is 5.13. The number of pyridine rings is 1. The molecule has 33 heavy (non-hydrogen) atoms. The molecular weight excluding hydrogens is 414 g/mol. The fourth-order valence-electron chi connectivity index (χ4n) is 4.34. The lowest BCUT2D eigenvalue weighted by molar-refractivity contribution is -0.126. The number of para-hydroxylation sites is 1. The number of nitrogens with zero attached hydrogens (tertiary/aromatic N) is 3. The third-order valence-electron chi connectivity index (χ3n) is 6.06. The Morgan fingerprint density at radius 1 is 1.00 bits per heavy atom. The van der Waals surface area contributed by atoms with Gasteiger partial charge in [0.2, 0.25) is 5.91 Å². The number of rotatable bonds is 5. The molecule has 0 saturated carbocycles. The highest BCUT2D eigenvalue weighted by Gasteiger charge is 2.22. The number of benzene rings is 2. The van der Waals surface area contributed by atoms with E-state index in [4.69, 9.17) is 9.47 Å². The lowest BCUT2D eigenvalue weighted by Crippen LogP contribution is -2.34. The Bertz CT molecular complexity index is 1340. The lowest BCUT2D eigenvalue weighted by Gasteiger charge is -2.28. The van der Waals surface area contributed by atoms with E-state index in [2.05, 4.69) is 9.55 Å². The van der Waals surface area contributed by atoms with Gasteiger partial charge in [0.05, 0.1) is 14.2 Å². The number of ether oxygens (including phenoxy) is 2. The predicted octanol–water partition coefficient (Wildman–Crippen LogP) is 4.64. The van der Waals surface area contributed by atoms with E-state index in [0.717, 1.165) is 40.0 Å². The molecule has 0 N–H and O–H groups in total. The number of aromatic nitrogens is 2. The second kappa shape index (κ2) is 8.82. The molecule has 6 nitrogen and oxygen atoms in total. The summed E-state index contributed by atoms with van der Waals surface area (Å²) in [5, 5.41) is 1.01. The van der Waals surface area contributed by atoms with E-state index < -0.39 is 0 Å². The monoisotopic (exact) mass is 439 g/mol. The zero-order valence-electron chi connectivity index (χ0n) is 18.7. The lowest BCUT2D eigenvalue weighted by atomic mass is 9.98. The Kier molecular flexibility index (Phi) is 5.57. The van der Waals surface area contributed by atoms with Gasteiger partial charge < -0.3 is 18.9 Å². The molecule has 0 fully saturated rings. The number of hydrogen-bond acceptors (Lipinski definition) is 4. The Morgan fingerprint density at radius 3 is 2.52 bits per heavy atom. The SMILES string of the molecule is COc1cc2c(cc1OC)CN(C(=O)C=Cc1cn(-c3ccccc3)c3ncccc13)CC2. The van der Waals surface area contributed by atoms with Crippen molar-refractivity contribution in [2.75, 3.05) is 20.8 Å². The van der Waals surface area contributed by atoms with Gasteiger partial charge in [0, 0.05) is 48.2 Å². The van der Waals surface area contributed by atoms with Crippen molar-refractivity contribution in [3.05, 3.63) is 89.8 Å². The number of fused-ring (bicyclic) bond motifs is 2. The van der Waals surface area contributed by atoms with Crippen LogP contribution in [-0.4, -0.2) is 41.1 Å². The van der Waals surface area contributed by atoms with Gasteiger partial charge in [-0.15, -0.1) is 0 Å². The van der Waals surface area contributed by atoms with Crippen molar-refractivity contribution in [1.29, 1.82) is 0 Å². The quantitative estimate of drug-likeness (QED) is 0.425. The van der Waals surface area contributed by atoms with Crippen LogP contribution in [0.2, 0.25) is 0 Å². The Morgan fingerprint density at radius 2 is 1.76 bits per heavy atom. The second-order valence-electron chi connectivity index (χ2n) is 7.98. The van der Waals surface area contributed by atoms with E-state index in [9.17, 15) is 4.79 Å². The first-order valence-electron chi connectivity index (χ1n) is 10.9. The third kappa shape index (κ3) is 3.96. The smallest absolute Gasteiger partial charge is 0.246 e. The van der Waals surface area contributed by atoms with Crippen LogP contribution < -0.4 is 9.47 Å². The van der Waals surface area contributed by atoms with Crippen LogP contribution in [0, 0.1) is 0 Å². The summed E-state index contributed by atoms with van der Waals surface area (Å²) < 4.78 is 12.9. The highest BCUT2D eigenvalue weighted by atomic mass is 16.5. The van der Waals surface area contributed by atoms with Gasteiger partial charge in [0.25, 0.3) is 0 Å². The van der Waals surface area contributed by atoms with Crippen LogP contribution in [0.1, 0.15) is 16.7 Å². The van der Waals surface area contributed by atoms with Crippen molar-refractivity contribution in [3.63, 3.8) is 0 Å².